The lowest BCUT2D eigenvalue weighted by Crippen LogP contribution is -2.62. The molecule has 6 unspecified atom stereocenters. The third kappa shape index (κ3) is 11.7. The molecule has 2 amide bonds. The zero-order chi connectivity index (χ0) is 45.9. The molecule has 7 saturated carbocycles. The number of nitrogens with one attached hydrogen (secondary N) is 2. The molecule has 4 N–H and O–H groups in total. The SMILES string of the molecule is COC1CCC(COC2C(CN3O[C@@H](CO)[C@H]([C@H](C)O)[C@H]3C(=O)N[C@H]3C[C@H]4C[C@@H]([C@@H]3C)C4(C)C)CCCC2C2CC(C(=O)N[C@@H](CC3CCCCC3)CN(C)C)CC(N(C)C)C2)CC1. The van der Waals surface area contributed by atoms with Gasteiger partial charge >= 0.3 is 0 Å². The van der Waals surface area contributed by atoms with Crippen LogP contribution < -0.4 is 10.6 Å². The van der Waals surface area contributed by atoms with Gasteiger partial charge in [0.15, 0.2) is 0 Å². The van der Waals surface area contributed by atoms with E-state index in [0.717, 1.165) is 83.6 Å². The summed E-state index contributed by atoms with van der Waals surface area (Å²) in [4.78, 5) is 40.4. The molecule has 12 heteroatoms. The van der Waals surface area contributed by atoms with Crippen LogP contribution in [-0.4, -0.2) is 147 Å². The van der Waals surface area contributed by atoms with Gasteiger partial charge in [-0.25, -0.2) is 0 Å². The average molecular weight is 900 g/mol. The number of likely N-dealkylation sites (N-methyl/N-ethyl adjacent to an activating group) is 1. The van der Waals surface area contributed by atoms with Crippen LogP contribution in [0.25, 0.3) is 0 Å². The Labute approximate surface area is 388 Å². The maximum atomic E-state index is 14.7. The smallest absolute Gasteiger partial charge is 0.240 e. The van der Waals surface area contributed by atoms with Gasteiger partial charge in [0.05, 0.1) is 24.9 Å². The summed E-state index contributed by atoms with van der Waals surface area (Å²) in [5, 5.41) is 30.9. The lowest BCUT2D eigenvalue weighted by molar-refractivity contribution is -0.196. The highest BCUT2D eigenvalue weighted by atomic mass is 16.7. The second kappa shape index (κ2) is 22.4. The lowest BCUT2D eigenvalue weighted by Gasteiger charge is -2.62. The van der Waals surface area contributed by atoms with Crippen molar-refractivity contribution in [3.8, 4) is 0 Å². The van der Waals surface area contributed by atoms with Gasteiger partial charge in [-0.1, -0.05) is 59.3 Å². The Balaban J connectivity index is 1.11. The van der Waals surface area contributed by atoms with E-state index < -0.39 is 24.2 Å². The zero-order valence-corrected chi connectivity index (χ0v) is 41.7. The van der Waals surface area contributed by atoms with Gasteiger partial charge in [0.25, 0.3) is 0 Å². The fraction of sp³-hybridized carbons (Fsp3) is 0.962. The molecule has 1 heterocycles. The van der Waals surface area contributed by atoms with Gasteiger partial charge in [0, 0.05) is 62.7 Å². The Morgan fingerprint density at radius 2 is 1.62 bits per heavy atom. The molecule has 0 spiro atoms. The largest absolute Gasteiger partial charge is 0.394 e. The summed E-state index contributed by atoms with van der Waals surface area (Å²) in [5.41, 5.74) is 0.306. The molecule has 8 rings (SSSR count). The Hall–Kier alpha value is -1.38. The van der Waals surface area contributed by atoms with E-state index in [1.54, 1.807) is 6.92 Å². The van der Waals surface area contributed by atoms with Crippen molar-refractivity contribution in [2.24, 2.45) is 64.6 Å². The highest BCUT2D eigenvalue weighted by molar-refractivity contribution is 5.83. The minimum absolute atomic E-state index is 0.0570. The maximum absolute atomic E-state index is 14.7. The molecule has 7 aliphatic carbocycles. The molecular weight excluding hydrogens is 807 g/mol. The van der Waals surface area contributed by atoms with E-state index in [4.69, 9.17) is 14.3 Å². The monoisotopic (exact) mass is 900 g/mol. The molecule has 15 atom stereocenters. The molecule has 0 aromatic heterocycles. The quantitative estimate of drug-likeness (QED) is 0.121. The fourth-order valence-corrected chi connectivity index (χ4v) is 14.9. The molecule has 2 bridgehead atoms. The summed E-state index contributed by atoms with van der Waals surface area (Å²) in [6, 6.07) is -0.171. The Kier molecular flexibility index (Phi) is 17.6. The van der Waals surface area contributed by atoms with Crippen molar-refractivity contribution in [3.05, 3.63) is 0 Å². The summed E-state index contributed by atoms with van der Waals surface area (Å²) in [6.45, 7) is 10.6. The average Bonchev–Trinajstić information content (AvgIpc) is 3.65. The van der Waals surface area contributed by atoms with Crippen LogP contribution in [0, 0.1) is 64.6 Å². The Morgan fingerprint density at radius 1 is 0.891 bits per heavy atom. The van der Waals surface area contributed by atoms with Crippen LogP contribution in [0.1, 0.15) is 143 Å². The zero-order valence-electron chi connectivity index (χ0n) is 41.7. The van der Waals surface area contributed by atoms with Crippen LogP contribution in [0.3, 0.4) is 0 Å². The van der Waals surface area contributed by atoms with Crippen molar-refractivity contribution in [1.82, 2.24) is 25.5 Å². The van der Waals surface area contributed by atoms with E-state index in [-0.39, 0.29) is 54.4 Å². The first kappa shape index (κ1) is 50.5. The first-order valence-corrected chi connectivity index (χ1v) is 26.4. The number of hydrogen-bond donors (Lipinski definition) is 4. The number of fused-ring (bicyclic) bond motifs is 2. The molecule has 64 heavy (non-hydrogen) atoms. The highest BCUT2D eigenvalue weighted by Crippen LogP contribution is 2.61. The molecule has 8 fully saturated rings. The molecule has 12 nitrogen and oxygen atoms in total. The van der Waals surface area contributed by atoms with Crippen LogP contribution in [-0.2, 0) is 23.9 Å². The summed E-state index contributed by atoms with van der Waals surface area (Å²) in [6.07, 6.45) is 18.7. The van der Waals surface area contributed by atoms with E-state index >= 15 is 0 Å². The summed E-state index contributed by atoms with van der Waals surface area (Å²) >= 11 is 0. The summed E-state index contributed by atoms with van der Waals surface area (Å²) in [7, 11) is 10.4. The molecule has 0 radical (unpaired) electrons. The number of aliphatic hydroxyl groups excluding tert-OH is 2. The molecule has 8 aliphatic rings. The summed E-state index contributed by atoms with van der Waals surface area (Å²) in [5.74, 6) is 2.92. The van der Waals surface area contributed by atoms with E-state index in [1.807, 2.05) is 12.2 Å². The van der Waals surface area contributed by atoms with E-state index in [0.29, 0.717) is 66.2 Å². The Morgan fingerprint density at radius 3 is 2.25 bits per heavy atom. The highest BCUT2D eigenvalue weighted by Gasteiger charge is 2.58. The van der Waals surface area contributed by atoms with E-state index in [1.165, 1.54) is 38.5 Å². The first-order valence-electron chi connectivity index (χ1n) is 26.4. The Bertz CT molecular complexity index is 1480. The lowest BCUT2D eigenvalue weighted by atomic mass is 9.45. The third-order valence-electron chi connectivity index (χ3n) is 18.8. The second-order valence-electron chi connectivity index (χ2n) is 23.8. The fourth-order valence-electron chi connectivity index (χ4n) is 14.9. The number of carbonyl (C=O) groups is 2. The van der Waals surface area contributed by atoms with Crippen molar-refractivity contribution in [2.45, 2.75) is 192 Å². The predicted octanol–water partition coefficient (Wildman–Crippen LogP) is 6.52. The molecule has 0 aromatic carbocycles. The van der Waals surface area contributed by atoms with Crippen molar-refractivity contribution < 1.29 is 34.1 Å². The molecular formula is C52H93N5O7. The van der Waals surface area contributed by atoms with Gasteiger partial charge in [-0.2, -0.15) is 5.06 Å². The molecule has 1 saturated heterocycles. The van der Waals surface area contributed by atoms with Gasteiger partial charge in [0.2, 0.25) is 11.8 Å². The number of carbonyl (C=O) groups excluding carboxylic acids is 2. The third-order valence-corrected chi connectivity index (χ3v) is 18.8. The number of amides is 2. The molecule has 0 aromatic rings. The maximum Gasteiger partial charge on any atom is 0.240 e. The molecule has 368 valence electrons. The summed E-state index contributed by atoms with van der Waals surface area (Å²) < 4.78 is 13.1. The van der Waals surface area contributed by atoms with Gasteiger partial charge in [-0.05, 0) is 159 Å². The number of hydroxylamine groups is 2. The van der Waals surface area contributed by atoms with Crippen LogP contribution in [0.15, 0.2) is 0 Å². The van der Waals surface area contributed by atoms with Gasteiger partial charge in [-0.3, -0.25) is 14.4 Å². The number of nitrogens with zero attached hydrogens (tertiary/aromatic N) is 3. The van der Waals surface area contributed by atoms with E-state index in [2.05, 4.69) is 69.4 Å². The minimum atomic E-state index is -0.837. The van der Waals surface area contributed by atoms with Crippen molar-refractivity contribution >= 4 is 11.8 Å². The molecule has 1 aliphatic heterocycles. The normalized spacial score (nSPS) is 40.5. The van der Waals surface area contributed by atoms with Crippen LogP contribution in [0.5, 0.6) is 0 Å². The number of rotatable bonds is 18. The topological polar surface area (TPSA) is 136 Å². The van der Waals surface area contributed by atoms with Gasteiger partial charge < -0.3 is 40.1 Å². The number of aliphatic hydroxyl groups is 2. The van der Waals surface area contributed by atoms with Gasteiger partial charge in [-0.15, -0.1) is 0 Å². The predicted molar refractivity (Wildman–Crippen MR) is 252 cm³/mol. The van der Waals surface area contributed by atoms with Gasteiger partial charge in [0.1, 0.15) is 12.1 Å². The van der Waals surface area contributed by atoms with Crippen molar-refractivity contribution in [3.63, 3.8) is 0 Å². The number of methoxy groups -OCH3 is 1. The van der Waals surface area contributed by atoms with Crippen LogP contribution in [0.4, 0.5) is 0 Å². The number of hydrogen-bond acceptors (Lipinski definition) is 10. The minimum Gasteiger partial charge on any atom is -0.394 e. The first-order chi connectivity index (χ1) is 30.6. The van der Waals surface area contributed by atoms with Crippen LogP contribution in [0.2, 0.25) is 0 Å². The number of ether oxygens (including phenoxy) is 2. The van der Waals surface area contributed by atoms with E-state index in [9.17, 15) is 19.8 Å². The standard InChI is InChI=1S/C52H93N5O7/c1-32-44-26-39(52(44,3)4)27-45(32)54-51(61)48-47(33(2)59)46(30-58)64-57(48)28-36-16-13-17-43(49(36)63-31-35-18-20-42(62-9)21-19-35)37-23-38(25-41(24-37)56(7)8)50(60)53-40(29-55(5)6)22-34-14-11-10-12-15-34/h32-49,58-59H,10-31H2,1-9H3,(H,53,60)(H,54,61)/t32-,33-,35?,36?,37?,38?,39+,40-,41?,42?,43?,44-,45-,46-,47-,48-,49?/m0/s1. The van der Waals surface area contributed by atoms with Crippen LogP contribution >= 0.6 is 0 Å². The second-order valence-corrected chi connectivity index (χ2v) is 23.8. The van der Waals surface area contributed by atoms with Crippen molar-refractivity contribution in [2.75, 3.05) is 61.6 Å². The van der Waals surface area contributed by atoms with Crippen molar-refractivity contribution in [1.29, 1.82) is 0 Å².